The van der Waals surface area contributed by atoms with Crippen molar-refractivity contribution in [3.63, 3.8) is 0 Å². The molecule has 0 aliphatic carbocycles. The van der Waals surface area contributed by atoms with Gasteiger partial charge in [-0.1, -0.05) is 13.3 Å². The second-order valence-corrected chi connectivity index (χ2v) is 7.03. The maximum Gasteiger partial charge on any atom is 0.336 e. The Kier molecular flexibility index (Phi) is 4.55. The lowest BCUT2D eigenvalue weighted by atomic mass is 9.98. The van der Waals surface area contributed by atoms with Crippen LogP contribution in [-0.4, -0.2) is 6.73 Å². The van der Waals surface area contributed by atoms with E-state index in [9.17, 15) is 4.79 Å². The Morgan fingerprint density at radius 2 is 2.15 bits per heavy atom. The molecule has 0 bridgehead atoms. The molecule has 0 amide bonds. The zero-order chi connectivity index (χ0) is 18.1. The molecule has 1 unspecified atom stereocenters. The minimum absolute atomic E-state index is 0.285. The average Bonchev–Trinajstić information content (AvgIpc) is 3.13. The van der Waals surface area contributed by atoms with E-state index in [0.29, 0.717) is 12.3 Å². The quantitative estimate of drug-likeness (QED) is 0.716. The molecule has 0 spiro atoms. The molecule has 136 valence electrons. The first-order valence-electron chi connectivity index (χ1n) is 9.23. The van der Waals surface area contributed by atoms with Crippen LogP contribution < -0.4 is 15.3 Å². The van der Waals surface area contributed by atoms with Crippen molar-refractivity contribution in [3.8, 4) is 5.75 Å². The molecular weight excluding hydrogens is 330 g/mol. The maximum absolute atomic E-state index is 12.0. The molecule has 5 heteroatoms. The topological polar surface area (TPSA) is 57.0 Å². The first-order valence-corrected chi connectivity index (χ1v) is 9.23. The van der Waals surface area contributed by atoms with Crippen LogP contribution in [0, 0.1) is 6.92 Å². The van der Waals surface area contributed by atoms with E-state index in [1.54, 1.807) is 12.3 Å². The van der Waals surface area contributed by atoms with Crippen LogP contribution in [0.1, 0.15) is 42.2 Å². The van der Waals surface area contributed by atoms with E-state index < -0.39 is 0 Å². The van der Waals surface area contributed by atoms with Gasteiger partial charge in [-0.3, -0.25) is 4.90 Å². The number of benzene rings is 1. The van der Waals surface area contributed by atoms with E-state index in [4.69, 9.17) is 13.6 Å². The maximum atomic E-state index is 12.0. The molecule has 0 radical (unpaired) electrons. The third-order valence-corrected chi connectivity index (χ3v) is 5.04. The average molecular weight is 354 g/mol. The molecule has 2 aromatic heterocycles. The van der Waals surface area contributed by atoms with Crippen molar-refractivity contribution >= 4 is 11.0 Å². The number of hydrogen-bond donors (Lipinski definition) is 1. The molecule has 0 fully saturated rings. The lowest BCUT2D eigenvalue weighted by molar-refractivity contribution is -0.946. The Hall–Kier alpha value is -2.53. The fourth-order valence-electron chi connectivity index (χ4n) is 3.75. The Labute approximate surface area is 152 Å². The molecule has 0 saturated heterocycles. The van der Waals surface area contributed by atoms with Crippen LogP contribution in [0.25, 0.3) is 11.0 Å². The van der Waals surface area contributed by atoms with Crippen LogP contribution in [0.15, 0.2) is 44.2 Å². The molecule has 3 heterocycles. The van der Waals surface area contributed by atoms with Gasteiger partial charge in [0, 0.05) is 22.6 Å². The summed E-state index contributed by atoms with van der Waals surface area (Å²) in [5, 5.41) is 1.04. The fraction of sp³-hybridized carbons (Fsp3) is 0.381. The van der Waals surface area contributed by atoms with Crippen LogP contribution in [0.2, 0.25) is 0 Å². The number of quaternary nitrogens is 1. The predicted molar refractivity (Wildman–Crippen MR) is 98.4 cm³/mol. The monoisotopic (exact) mass is 354 g/mol. The summed E-state index contributed by atoms with van der Waals surface area (Å²) < 4.78 is 17.0. The van der Waals surface area contributed by atoms with Gasteiger partial charge in [0.15, 0.2) is 5.76 Å². The Balaban J connectivity index is 1.73. The first kappa shape index (κ1) is 16.9. The largest absolute Gasteiger partial charge is 0.463 e. The summed E-state index contributed by atoms with van der Waals surface area (Å²) in [7, 11) is 0. The predicted octanol–water partition coefficient (Wildman–Crippen LogP) is 2.97. The normalized spacial score (nSPS) is 16.5. The molecule has 4 rings (SSSR count). The number of fused-ring (bicyclic) bond motifs is 2. The van der Waals surface area contributed by atoms with Crippen molar-refractivity contribution in [1.82, 2.24) is 0 Å². The van der Waals surface area contributed by atoms with Crippen molar-refractivity contribution < 1.29 is 18.5 Å². The third-order valence-electron chi connectivity index (χ3n) is 5.04. The van der Waals surface area contributed by atoms with E-state index in [1.807, 2.05) is 19.1 Å². The first-order chi connectivity index (χ1) is 12.7. The highest BCUT2D eigenvalue weighted by atomic mass is 16.5. The van der Waals surface area contributed by atoms with Gasteiger partial charge in [-0.2, -0.15) is 0 Å². The Morgan fingerprint density at radius 3 is 2.92 bits per heavy atom. The Bertz CT molecular complexity index is 972. The molecule has 5 nitrogen and oxygen atoms in total. The number of rotatable bonds is 5. The van der Waals surface area contributed by atoms with Crippen LogP contribution in [-0.2, 0) is 19.5 Å². The van der Waals surface area contributed by atoms with Crippen molar-refractivity contribution in [2.75, 3.05) is 6.73 Å². The van der Waals surface area contributed by atoms with Crippen molar-refractivity contribution in [2.45, 2.75) is 46.2 Å². The van der Waals surface area contributed by atoms with E-state index in [1.165, 1.54) is 4.90 Å². The van der Waals surface area contributed by atoms with Gasteiger partial charge >= 0.3 is 5.63 Å². The summed E-state index contributed by atoms with van der Waals surface area (Å²) in [6.07, 6.45) is 4.74. The number of furan rings is 1. The lowest BCUT2D eigenvalue weighted by Crippen LogP contribution is -3.10. The molecule has 0 saturated carbocycles. The molecule has 1 aliphatic heterocycles. The minimum Gasteiger partial charge on any atom is -0.463 e. The Morgan fingerprint density at radius 1 is 1.27 bits per heavy atom. The van der Waals surface area contributed by atoms with Gasteiger partial charge in [0.05, 0.1) is 6.26 Å². The van der Waals surface area contributed by atoms with Gasteiger partial charge in [-0.05, 0) is 43.5 Å². The summed E-state index contributed by atoms with van der Waals surface area (Å²) in [4.78, 5) is 13.3. The van der Waals surface area contributed by atoms with Gasteiger partial charge in [0.1, 0.15) is 24.4 Å². The fourth-order valence-corrected chi connectivity index (χ4v) is 3.75. The van der Waals surface area contributed by atoms with Gasteiger partial charge in [-0.25, -0.2) is 4.79 Å². The number of aryl methyl sites for hydroxylation is 2. The molecular formula is C21H24NO4+. The van der Waals surface area contributed by atoms with Crippen LogP contribution in [0.3, 0.4) is 0 Å². The highest BCUT2D eigenvalue weighted by molar-refractivity contribution is 5.86. The summed E-state index contributed by atoms with van der Waals surface area (Å²) in [5.41, 5.74) is 3.53. The SMILES string of the molecule is CCCCc1cc(=O)oc2c(C)c3c(cc12)C[NH+](Cc1ccco1)CO3. The zero-order valence-electron chi connectivity index (χ0n) is 15.3. The second-order valence-electron chi connectivity index (χ2n) is 7.03. The lowest BCUT2D eigenvalue weighted by Gasteiger charge is -2.27. The number of unbranched alkanes of at least 4 members (excludes halogenated alkanes) is 1. The molecule has 1 atom stereocenters. The van der Waals surface area contributed by atoms with E-state index in [0.717, 1.165) is 65.9 Å². The number of nitrogens with one attached hydrogen (secondary N) is 1. The van der Waals surface area contributed by atoms with Crippen molar-refractivity contribution in [1.29, 1.82) is 0 Å². The van der Waals surface area contributed by atoms with Crippen molar-refractivity contribution in [2.24, 2.45) is 0 Å². The molecule has 3 aromatic rings. The summed E-state index contributed by atoms with van der Waals surface area (Å²) in [5.74, 6) is 1.82. The standard InChI is InChI=1S/C21H23NO4/c1-3-4-6-15-10-19(23)26-21-14(2)20-16(9-18(15)21)11-22(13-25-20)12-17-7-5-8-24-17/h5,7-10H,3-4,6,11-13H2,1-2H3/p+1. The van der Waals surface area contributed by atoms with E-state index in [-0.39, 0.29) is 5.63 Å². The van der Waals surface area contributed by atoms with Gasteiger partial charge < -0.3 is 13.6 Å². The third kappa shape index (κ3) is 3.15. The van der Waals surface area contributed by atoms with Crippen LogP contribution >= 0.6 is 0 Å². The smallest absolute Gasteiger partial charge is 0.336 e. The van der Waals surface area contributed by atoms with E-state index >= 15 is 0 Å². The van der Waals surface area contributed by atoms with Crippen molar-refractivity contribution in [3.05, 3.63) is 63.4 Å². The molecule has 1 aromatic carbocycles. The highest BCUT2D eigenvalue weighted by Crippen LogP contribution is 2.33. The summed E-state index contributed by atoms with van der Waals surface area (Å²) in [6.45, 7) is 6.35. The second kappa shape index (κ2) is 7.00. The molecule has 26 heavy (non-hydrogen) atoms. The molecule has 1 N–H and O–H groups in total. The molecule has 1 aliphatic rings. The summed E-state index contributed by atoms with van der Waals surface area (Å²) in [6, 6.07) is 7.69. The zero-order valence-corrected chi connectivity index (χ0v) is 15.3. The number of hydrogen-bond acceptors (Lipinski definition) is 4. The van der Waals surface area contributed by atoms with Gasteiger partial charge in [0.2, 0.25) is 6.73 Å². The number of ether oxygens (including phenoxy) is 1. The van der Waals surface area contributed by atoms with Crippen LogP contribution in [0.4, 0.5) is 0 Å². The van der Waals surface area contributed by atoms with Gasteiger partial charge in [-0.15, -0.1) is 0 Å². The highest BCUT2D eigenvalue weighted by Gasteiger charge is 2.26. The summed E-state index contributed by atoms with van der Waals surface area (Å²) >= 11 is 0. The van der Waals surface area contributed by atoms with Gasteiger partial charge in [0.25, 0.3) is 0 Å². The van der Waals surface area contributed by atoms with E-state index in [2.05, 4.69) is 13.0 Å². The van der Waals surface area contributed by atoms with Crippen LogP contribution in [0.5, 0.6) is 5.75 Å². The minimum atomic E-state index is -0.285.